The molecule has 2 heterocycles. The van der Waals surface area contributed by atoms with Crippen LogP contribution < -0.4 is 15.1 Å². The van der Waals surface area contributed by atoms with Crippen LogP contribution in [0.3, 0.4) is 0 Å². The molecule has 2 aromatic rings. The first-order valence-electron chi connectivity index (χ1n) is 7.91. The van der Waals surface area contributed by atoms with Crippen molar-refractivity contribution in [3.8, 4) is 0 Å². The van der Waals surface area contributed by atoms with Gasteiger partial charge in [0.25, 0.3) is 5.91 Å². The quantitative estimate of drug-likeness (QED) is 0.855. The molecule has 23 heavy (non-hydrogen) atoms. The summed E-state index contributed by atoms with van der Waals surface area (Å²) >= 11 is 3.19. The number of likely N-dealkylation sites (N-methyl/N-ethyl adjacent to an activating group) is 1. The maximum Gasteiger partial charge on any atom is 0.291 e. The summed E-state index contributed by atoms with van der Waals surface area (Å²) in [4.78, 5) is 16.1. The summed E-state index contributed by atoms with van der Waals surface area (Å²) in [5.41, 5.74) is 1.97. The lowest BCUT2D eigenvalue weighted by molar-refractivity contribution is -0.898. The van der Waals surface area contributed by atoms with E-state index in [0.717, 1.165) is 18.8 Å². The summed E-state index contributed by atoms with van der Waals surface area (Å²) < 4.78 is 5.80. The molecule has 1 aromatic heterocycles. The molecule has 3 rings (SSSR count). The Hall–Kier alpha value is -1.79. The van der Waals surface area contributed by atoms with Gasteiger partial charge in [-0.2, -0.15) is 0 Å². The van der Waals surface area contributed by atoms with E-state index in [1.165, 1.54) is 25.3 Å². The number of quaternary nitrogens is 1. The Kier molecular flexibility index (Phi) is 5.03. The third-order valence-electron chi connectivity index (χ3n) is 4.26. The molecular weight excluding hydrogens is 358 g/mol. The third kappa shape index (κ3) is 3.95. The van der Waals surface area contributed by atoms with Gasteiger partial charge in [-0.25, -0.2) is 0 Å². The number of furan rings is 1. The maximum absolute atomic E-state index is 12.0. The van der Waals surface area contributed by atoms with E-state index in [9.17, 15) is 4.79 Å². The number of rotatable bonds is 4. The molecule has 0 radical (unpaired) electrons. The number of piperazine rings is 1. The summed E-state index contributed by atoms with van der Waals surface area (Å²) in [5, 5.41) is 2.84. The van der Waals surface area contributed by atoms with E-state index in [1.807, 2.05) is 12.1 Å². The second-order valence-electron chi connectivity index (χ2n) is 5.70. The van der Waals surface area contributed by atoms with Crippen LogP contribution in [0.4, 0.5) is 11.4 Å². The Morgan fingerprint density at radius 2 is 1.91 bits per heavy atom. The lowest BCUT2D eigenvalue weighted by Gasteiger charge is -2.33. The largest absolute Gasteiger partial charge is 0.444 e. The third-order valence-corrected chi connectivity index (χ3v) is 4.68. The van der Waals surface area contributed by atoms with Crippen LogP contribution in [0.1, 0.15) is 17.5 Å². The van der Waals surface area contributed by atoms with Crippen molar-refractivity contribution in [1.29, 1.82) is 0 Å². The Morgan fingerprint density at radius 1 is 1.22 bits per heavy atom. The first-order chi connectivity index (χ1) is 11.2. The summed E-state index contributed by atoms with van der Waals surface area (Å²) in [6.07, 6.45) is 0. The normalized spacial score (nSPS) is 15.7. The zero-order valence-corrected chi connectivity index (χ0v) is 14.7. The molecule has 0 aliphatic carbocycles. The van der Waals surface area contributed by atoms with E-state index in [-0.39, 0.29) is 5.91 Å². The number of nitrogens with one attached hydrogen (secondary N) is 2. The molecule has 1 aromatic carbocycles. The summed E-state index contributed by atoms with van der Waals surface area (Å²) in [6, 6.07) is 11.3. The zero-order chi connectivity index (χ0) is 16.2. The van der Waals surface area contributed by atoms with Gasteiger partial charge >= 0.3 is 0 Å². The number of hydrogen-bond acceptors (Lipinski definition) is 3. The molecule has 1 saturated heterocycles. The number of amides is 1. The molecule has 0 unspecified atom stereocenters. The molecule has 1 aliphatic rings. The van der Waals surface area contributed by atoms with Gasteiger partial charge in [-0.05, 0) is 59.3 Å². The van der Waals surface area contributed by atoms with E-state index in [2.05, 4.69) is 45.2 Å². The van der Waals surface area contributed by atoms with E-state index in [4.69, 9.17) is 4.42 Å². The van der Waals surface area contributed by atoms with Crippen molar-refractivity contribution in [1.82, 2.24) is 0 Å². The van der Waals surface area contributed by atoms with Crippen molar-refractivity contribution < 1.29 is 14.1 Å². The fourth-order valence-corrected chi connectivity index (χ4v) is 3.13. The van der Waals surface area contributed by atoms with Crippen molar-refractivity contribution in [2.45, 2.75) is 6.92 Å². The minimum Gasteiger partial charge on any atom is -0.444 e. The van der Waals surface area contributed by atoms with Gasteiger partial charge in [-0.1, -0.05) is 0 Å². The highest BCUT2D eigenvalue weighted by Crippen LogP contribution is 2.20. The Bertz CT molecular complexity index is 661. The summed E-state index contributed by atoms with van der Waals surface area (Å²) in [5.74, 6) is 0.0447. The van der Waals surface area contributed by atoms with Crippen LogP contribution in [-0.2, 0) is 0 Å². The van der Waals surface area contributed by atoms with Crippen LogP contribution in [-0.4, -0.2) is 38.6 Å². The molecule has 0 saturated carbocycles. The number of anilines is 2. The van der Waals surface area contributed by atoms with Gasteiger partial charge in [0.2, 0.25) is 0 Å². The van der Waals surface area contributed by atoms with Gasteiger partial charge in [0, 0.05) is 11.4 Å². The van der Waals surface area contributed by atoms with E-state index in [0.29, 0.717) is 10.4 Å². The zero-order valence-electron chi connectivity index (χ0n) is 13.1. The average Bonchev–Trinajstić information content (AvgIpc) is 3.02. The van der Waals surface area contributed by atoms with Crippen LogP contribution in [0.15, 0.2) is 45.5 Å². The predicted octanol–water partition coefficient (Wildman–Crippen LogP) is 2.02. The van der Waals surface area contributed by atoms with Crippen molar-refractivity contribution in [2.24, 2.45) is 0 Å². The smallest absolute Gasteiger partial charge is 0.291 e. The average molecular weight is 379 g/mol. The molecule has 5 nitrogen and oxygen atoms in total. The molecule has 6 heteroatoms. The number of hydrogen-bond donors (Lipinski definition) is 2. The molecule has 0 bridgehead atoms. The number of carbonyl (C=O) groups is 1. The number of halogens is 1. The topological polar surface area (TPSA) is 49.9 Å². The van der Waals surface area contributed by atoms with Crippen molar-refractivity contribution in [3.63, 3.8) is 0 Å². The Balaban J connectivity index is 1.60. The van der Waals surface area contributed by atoms with Crippen LogP contribution in [0, 0.1) is 0 Å². The summed E-state index contributed by atoms with van der Waals surface area (Å²) in [7, 11) is 0. The molecule has 1 aliphatic heterocycles. The van der Waals surface area contributed by atoms with Gasteiger partial charge in [0.05, 0.1) is 32.7 Å². The molecule has 2 N–H and O–H groups in total. The van der Waals surface area contributed by atoms with Crippen LogP contribution >= 0.6 is 15.9 Å². The molecule has 122 valence electrons. The fourth-order valence-electron chi connectivity index (χ4n) is 2.82. The monoisotopic (exact) mass is 378 g/mol. The lowest BCUT2D eigenvalue weighted by atomic mass is 10.2. The first-order valence-corrected chi connectivity index (χ1v) is 8.70. The van der Waals surface area contributed by atoms with Crippen molar-refractivity contribution in [2.75, 3.05) is 42.9 Å². The second-order valence-corrected chi connectivity index (χ2v) is 6.48. The van der Waals surface area contributed by atoms with Gasteiger partial charge in [0.15, 0.2) is 10.4 Å². The molecule has 0 atom stereocenters. The highest BCUT2D eigenvalue weighted by molar-refractivity contribution is 9.10. The number of benzene rings is 1. The van der Waals surface area contributed by atoms with Crippen LogP contribution in [0.25, 0.3) is 0 Å². The first kappa shape index (κ1) is 16.1. The van der Waals surface area contributed by atoms with Crippen LogP contribution in [0.5, 0.6) is 0 Å². The van der Waals surface area contributed by atoms with Gasteiger partial charge in [-0.15, -0.1) is 0 Å². The SMILES string of the molecule is CC[NH+]1CCN(c2ccc(NC(=O)c3ccc(Br)o3)cc2)CC1. The van der Waals surface area contributed by atoms with Gasteiger partial charge < -0.3 is 19.5 Å². The van der Waals surface area contributed by atoms with Crippen LogP contribution in [0.2, 0.25) is 0 Å². The molecule has 1 amide bonds. The Labute approximate surface area is 144 Å². The maximum atomic E-state index is 12.0. The molecule has 0 spiro atoms. The lowest BCUT2D eigenvalue weighted by Crippen LogP contribution is -3.14. The minimum atomic E-state index is -0.247. The van der Waals surface area contributed by atoms with Gasteiger partial charge in [-0.3, -0.25) is 4.79 Å². The minimum absolute atomic E-state index is 0.247. The van der Waals surface area contributed by atoms with E-state index >= 15 is 0 Å². The van der Waals surface area contributed by atoms with E-state index in [1.54, 1.807) is 17.0 Å². The standard InChI is InChI=1S/C17H20BrN3O2/c1-2-20-9-11-21(12-10-20)14-5-3-13(4-6-14)19-17(22)15-7-8-16(18)23-15/h3-8H,2,9-12H2,1H3,(H,19,22)/p+1. The molecular formula is C17H21BrN3O2+. The van der Waals surface area contributed by atoms with Crippen molar-refractivity contribution >= 4 is 33.2 Å². The predicted molar refractivity (Wildman–Crippen MR) is 94.3 cm³/mol. The number of nitrogens with zero attached hydrogens (tertiary/aromatic N) is 1. The van der Waals surface area contributed by atoms with Crippen molar-refractivity contribution in [3.05, 3.63) is 46.8 Å². The summed E-state index contributed by atoms with van der Waals surface area (Å²) in [6.45, 7) is 7.96. The Morgan fingerprint density at radius 3 is 2.48 bits per heavy atom. The van der Waals surface area contributed by atoms with Gasteiger partial charge in [0.1, 0.15) is 0 Å². The molecule has 1 fully saturated rings. The highest BCUT2D eigenvalue weighted by Gasteiger charge is 2.18. The second kappa shape index (κ2) is 7.19. The fraction of sp³-hybridized carbons (Fsp3) is 0.353. The number of carbonyl (C=O) groups excluding carboxylic acids is 1. The highest BCUT2D eigenvalue weighted by atomic mass is 79.9. The van der Waals surface area contributed by atoms with E-state index < -0.39 is 0 Å².